The van der Waals surface area contributed by atoms with Crippen LogP contribution in [0.2, 0.25) is 0 Å². The van der Waals surface area contributed by atoms with Crippen molar-refractivity contribution in [3.63, 3.8) is 0 Å². The molecule has 0 radical (unpaired) electrons. The number of rotatable bonds is 10. The molecule has 35 heavy (non-hydrogen) atoms. The maximum Gasteiger partial charge on any atom is 0.227 e. The average molecular weight is 483 g/mol. The molecule has 0 N–H and O–H groups in total. The van der Waals surface area contributed by atoms with Crippen molar-refractivity contribution >= 4 is 5.91 Å². The lowest BCUT2D eigenvalue weighted by Crippen LogP contribution is -2.35. The number of carbonyl (C=O) groups is 1. The van der Waals surface area contributed by atoms with Crippen LogP contribution in [0.3, 0.4) is 0 Å². The number of nitrogens with zero attached hydrogens (tertiary/aromatic N) is 2. The molecule has 2 aromatic rings. The maximum absolute atomic E-state index is 12.9. The number of carbonyl (C=O) groups excluding carboxylic acids is 1. The van der Waals surface area contributed by atoms with Crippen molar-refractivity contribution in [2.45, 2.75) is 32.1 Å². The van der Waals surface area contributed by atoms with Gasteiger partial charge in [0.05, 0.1) is 34.9 Å². The lowest BCUT2D eigenvalue weighted by atomic mass is 10.0. The van der Waals surface area contributed by atoms with Crippen LogP contribution in [0, 0.1) is 5.92 Å². The first-order valence-electron chi connectivity index (χ1n) is 12.4. The summed E-state index contributed by atoms with van der Waals surface area (Å²) >= 11 is 0. The molecule has 1 aliphatic carbocycles. The van der Waals surface area contributed by atoms with Gasteiger partial charge < -0.3 is 28.7 Å². The van der Waals surface area contributed by atoms with Gasteiger partial charge in [-0.05, 0) is 91.7 Å². The van der Waals surface area contributed by atoms with Crippen LogP contribution in [0.15, 0.2) is 24.3 Å². The predicted molar refractivity (Wildman–Crippen MR) is 136 cm³/mol. The molecule has 0 saturated carbocycles. The zero-order chi connectivity index (χ0) is 24.9. The smallest absolute Gasteiger partial charge is 0.227 e. The van der Waals surface area contributed by atoms with Crippen LogP contribution in [0.1, 0.15) is 28.7 Å². The van der Waals surface area contributed by atoms with Crippen LogP contribution in [-0.4, -0.2) is 77.4 Å². The average Bonchev–Trinajstić information content (AvgIpc) is 3.18. The molecule has 0 saturated heterocycles. The maximum atomic E-state index is 12.9. The number of amides is 1. The molecule has 0 spiro atoms. The van der Waals surface area contributed by atoms with Crippen molar-refractivity contribution in [2.75, 3.05) is 61.7 Å². The summed E-state index contributed by atoms with van der Waals surface area (Å²) in [5.74, 6) is 3.79. The molecule has 1 heterocycles. The van der Waals surface area contributed by atoms with E-state index in [0.717, 1.165) is 74.7 Å². The van der Waals surface area contributed by atoms with Gasteiger partial charge in [0.2, 0.25) is 5.91 Å². The highest BCUT2D eigenvalue weighted by Gasteiger charge is 2.26. The topological polar surface area (TPSA) is 60.5 Å². The highest BCUT2D eigenvalue weighted by Crippen LogP contribution is 2.37. The van der Waals surface area contributed by atoms with E-state index in [1.807, 2.05) is 17.0 Å². The first kappa shape index (κ1) is 25.2. The second-order valence-corrected chi connectivity index (χ2v) is 9.65. The summed E-state index contributed by atoms with van der Waals surface area (Å²) < 4.78 is 21.8. The van der Waals surface area contributed by atoms with Crippen LogP contribution in [0.4, 0.5) is 0 Å². The van der Waals surface area contributed by atoms with Crippen molar-refractivity contribution in [2.24, 2.45) is 5.92 Å². The lowest BCUT2D eigenvalue weighted by molar-refractivity contribution is -0.130. The Morgan fingerprint density at radius 3 is 1.89 bits per heavy atom. The molecule has 0 bridgehead atoms. The van der Waals surface area contributed by atoms with Gasteiger partial charge >= 0.3 is 0 Å². The van der Waals surface area contributed by atoms with Gasteiger partial charge in [-0.1, -0.05) is 0 Å². The second kappa shape index (κ2) is 11.2. The van der Waals surface area contributed by atoms with Crippen molar-refractivity contribution < 1.29 is 23.7 Å². The molecule has 0 aromatic heterocycles. The molecule has 1 aliphatic heterocycles. The third-order valence-corrected chi connectivity index (χ3v) is 7.31. The number of benzene rings is 2. The number of fused-ring (bicyclic) bond motifs is 2. The van der Waals surface area contributed by atoms with E-state index in [1.165, 1.54) is 16.7 Å². The molecule has 0 fully saturated rings. The van der Waals surface area contributed by atoms with E-state index in [4.69, 9.17) is 18.9 Å². The zero-order valence-electron chi connectivity index (χ0n) is 21.7. The van der Waals surface area contributed by atoms with Crippen LogP contribution in [0.5, 0.6) is 23.0 Å². The quantitative estimate of drug-likeness (QED) is 0.518. The number of methoxy groups -OCH3 is 4. The van der Waals surface area contributed by atoms with Crippen LogP contribution in [-0.2, 0) is 30.5 Å². The highest BCUT2D eigenvalue weighted by atomic mass is 16.5. The Morgan fingerprint density at radius 2 is 1.34 bits per heavy atom. The monoisotopic (exact) mass is 482 g/mol. The molecule has 7 heteroatoms. The summed E-state index contributed by atoms with van der Waals surface area (Å²) in [6.07, 6.45) is 4.35. The third kappa shape index (κ3) is 5.67. The Kier molecular flexibility index (Phi) is 8.06. The summed E-state index contributed by atoms with van der Waals surface area (Å²) in [6, 6.07) is 8.22. The summed E-state index contributed by atoms with van der Waals surface area (Å²) in [5, 5.41) is 0. The predicted octanol–water partition coefficient (Wildman–Crippen LogP) is 3.39. The Hall–Kier alpha value is -2.93. The van der Waals surface area contributed by atoms with E-state index in [0.29, 0.717) is 18.1 Å². The zero-order valence-corrected chi connectivity index (χ0v) is 21.7. The number of hydrogen-bond acceptors (Lipinski definition) is 6. The molecule has 7 nitrogen and oxygen atoms in total. The normalized spacial score (nSPS) is 15.6. The standard InChI is InChI=1S/C28H38N2O5/c1-29(18-19-11-21-14-25(33-3)26(34-4)15-22(21)12-19)8-6-9-30-10-7-20-13-24(32-2)27(35-5)16-23(20)17-28(30)31/h13-16,19H,6-12,17-18H2,1-5H3. The summed E-state index contributed by atoms with van der Waals surface area (Å²) in [7, 11) is 8.83. The van der Waals surface area contributed by atoms with Crippen molar-refractivity contribution in [1.29, 1.82) is 0 Å². The molecule has 0 atom stereocenters. The number of hydrogen-bond donors (Lipinski definition) is 0. The van der Waals surface area contributed by atoms with Gasteiger partial charge in [0.25, 0.3) is 0 Å². The molecule has 0 unspecified atom stereocenters. The van der Waals surface area contributed by atoms with Crippen molar-refractivity contribution in [1.82, 2.24) is 9.80 Å². The second-order valence-electron chi connectivity index (χ2n) is 9.65. The fraction of sp³-hybridized carbons (Fsp3) is 0.536. The van der Waals surface area contributed by atoms with Gasteiger partial charge in [0.1, 0.15) is 0 Å². The highest BCUT2D eigenvalue weighted by molar-refractivity contribution is 5.80. The third-order valence-electron chi connectivity index (χ3n) is 7.31. The van der Waals surface area contributed by atoms with Gasteiger partial charge in [0, 0.05) is 19.6 Å². The minimum absolute atomic E-state index is 0.188. The summed E-state index contributed by atoms with van der Waals surface area (Å²) in [4.78, 5) is 17.3. The minimum Gasteiger partial charge on any atom is -0.493 e. The Labute approximate surface area is 208 Å². The Morgan fingerprint density at radius 1 is 0.829 bits per heavy atom. The molecule has 4 rings (SSSR count). The molecular weight excluding hydrogens is 444 g/mol. The van der Waals surface area contributed by atoms with E-state index < -0.39 is 0 Å². The molecule has 1 amide bonds. The summed E-state index contributed by atoms with van der Waals surface area (Å²) in [5.41, 5.74) is 4.94. The van der Waals surface area contributed by atoms with E-state index >= 15 is 0 Å². The number of ether oxygens (including phenoxy) is 4. The van der Waals surface area contributed by atoms with Crippen LogP contribution < -0.4 is 18.9 Å². The lowest BCUT2D eigenvalue weighted by Gasteiger charge is -2.24. The van der Waals surface area contributed by atoms with Gasteiger partial charge in [-0.3, -0.25) is 4.79 Å². The van der Waals surface area contributed by atoms with Gasteiger partial charge in [-0.25, -0.2) is 0 Å². The van der Waals surface area contributed by atoms with Gasteiger partial charge in [0.15, 0.2) is 23.0 Å². The van der Waals surface area contributed by atoms with E-state index in [1.54, 1.807) is 28.4 Å². The van der Waals surface area contributed by atoms with E-state index in [-0.39, 0.29) is 5.91 Å². The first-order chi connectivity index (χ1) is 16.9. The Balaban J connectivity index is 1.26. The van der Waals surface area contributed by atoms with Crippen LogP contribution in [0.25, 0.3) is 0 Å². The van der Waals surface area contributed by atoms with Crippen molar-refractivity contribution in [3.05, 3.63) is 46.5 Å². The fourth-order valence-corrected chi connectivity index (χ4v) is 5.48. The molecule has 2 aromatic carbocycles. The largest absolute Gasteiger partial charge is 0.493 e. The van der Waals surface area contributed by atoms with Crippen molar-refractivity contribution in [3.8, 4) is 23.0 Å². The Bertz CT molecular complexity index is 1020. The summed E-state index contributed by atoms with van der Waals surface area (Å²) in [6.45, 7) is 3.54. The molecule has 2 aliphatic rings. The minimum atomic E-state index is 0.188. The first-order valence-corrected chi connectivity index (χ1v) is 12.4. The molecule has 190 valence electrons. The van der Waals surface area contributed by atoms with Crippen LogP contribution >= 0.6 is 0 Å². The van der Waals surface area contributed by atoms with E-state index in [9.17, 15) is 4.79 Å². The van der Waals surface area contributed by atoms with Gasteiger partial charge in [-0.15, -0.1) is 0 Å². The fourth-order valence-electron chi connectivity index (χ4n) is 5.48. The molecular formula is C28H38N2O5. The SMILES string of the molecule is COc1cc2c(cc1OC)CC(=O)N(CCCN(C)CC1Cc3cc(OC)c(OC)cc3C1)CC2. The van der Waals surface area contributed by atoms with E-state index in [2.05, 4.69) is 24.1 Å². The van der Waals surface area contributed by atoms with Gasteiger partial charge in [-0.2, -0.15) is 0 Å².